The van der Waals surface area contributed by atoms with E-state index in [2.05, 4.69) is 4.90 Å². The van der Waals surface area contributed by atoms with E-state index in [1.54, 1.807) is 13.8 Å². The summed E-state index contributed by atoms with van der Waals surface area (Å²) in [7, 11) is -2.97. The maximum Gasteiger partial charge on any atom is 0.153 e. The molecule has 0 saturated carbocycles. The highest BCUT2D eigenvalue weighted by molar-refractivity contribution is 7.92. The molecule has 1 saturated heterocycles. The minimum absolute atomic E-state index is 0.00416. The molecule has 1 aliphatic heterocycles. The van der Waals surface area contributed by atoms with Gasteiger partial charge in [-0.15, -0.1) is 0 Å². The average Bonchev–Trinajstić information content (AvgIpc) is 2.24. The van der Waals surface area contributed by atoms with E-state index in [1.807, 2.05) is 13.8 Å². The molecule has 0 amide bonds. The zero-order valence-electron chi connectivity index (χ0n) is 11.8. The minimum Gasteiger partial charge on any atom is -0.368 e. The van der Waals surface area contributed by atoms with Crippen molar-refractivity contribution in [3.05, 3.63) is 0 Å². The average molecular weight is 278 g/mol. The van der Waals surface area contributed by atoms with Crippen molar-refractivity contribution < 1.29 is 13.2 Å². The Morgan fingerprint density at radius 1 is 1.44 bits per heavy atom. The Morgan fingerprint density at radius 3 is 2.56 bits per heavy atom. The molecule has 0 aromatic carbocycles. The third-order valence-electron chi connectivity index (χ3n) is 3.23. The van der Waals surface area contributed by atoms with Gasteiger partial charge in [0.05, 0.1) is 22.7 Å². The largest absolute Gasteiger partial charge is 0.368 e. The van der Waals surface area contributed by atoms with Crippen LogP contribution in [-0.4, -0.2) is 62.2 Å². The lowest BCUT2D eigenvalue weighted by Crippen LogP contribution is -2.55. The molecule has 2 N–H and O–H groups in total. The van der Waals surface area contributed by atoms with Gasteiger partial charge in [0.1, 0.15) is 0 Å². The highest BCUT2D eigenvalue weighted by Crippen LogP contribution is 2.20. The molecule has 0 radical (unpaired) electrons. The number of sulfone groups is 1. The van der Waals surface area contributed by atoms with Crippen molar-refractivity contribution in [1.29, 1.82) is 0 Å². The molecule has 0 aromatic rings. The molecule has 0 spiro atoms. The second kappa shape index (κ2) is 5.86. The molecule has 5 nitrogen and oxygen atoms in total. The van der Waals surface area contributed by atoms with E-state index in [1.165, 1.54) is 0 Å². The highest BCUT2D eigenvalue weighted by atomic mass is 32.2. The Hall–Kier alpha value is -0.170. The first-order valence-corrected chi connectivity index (χ1v) is 8.19. The van der Waals surface area contributed by atoms with Gasteiger partial charge < -0.3 is 10.5 Å². The van der Waals surface area contributed by atoms with E-state index in [0.717, 1.165) is 6.54 Å². The van der Waals surface area contributed by atoms with Crippen LogP contribution in [0.1, 0.15) is 27.7 Å². The predicted octanol–water partition coefficient (Wildman–Crippen LogP) is 0.248. The summed E-state index contributed by atoms with van der Waals surface area (Å²) < 4.78 is 29.4. The van der Waals surface area contributed by atoms with Gasteiger partial charge in [-0.1, -0.05) is 0 Å². The fraction of sp³-hybridized carbons (Fsp3) is 1.00. The number of morpholine rings is 1. The van der Waals surface area contributed by atoms with Gasteiger partial charge in [-0.05, 0) is 27.7 Å². The molecule has 1 atom stereocenters. The van der Waals surface area contributed by atoms with Crippen molar-refractivity contribution >= 4 is 9.84 Å². The Balaban J connectivity index is 2.57. The van der Waals surface area contributed by atoms with Crippen molar-refractivity contribution in [1.82, 2.24) is 4.90 Å². The third kappa shape index (κ3) is 4.50. The Bertz CT molecular complexity index is 366. The monoisotopic (exact) mass is 278 g/mol. The molecular formula is C12H26N2O3S. The summed E-state index contributed by atoms with van der Waals surface area (Å²) in [4.78, 5) is 2.14. The quantitative estimate of drug-likeness (QED) is 0.780. The summed E-state index contributed by atoms with van der Waals surface area (Å²) in [5, 5.41) is -0.308. The molecular weight excluding hydrogens is 252 g/mol. The van der Waals surface area contributed by atoms with Gasteiger partial charge in [-0.2, -0.15) is 0 Å². The smallest absolute Gasteiger partial charge is 0.153 e. The van der Waals surface area contributed by atoms with E-state index in [9.17, 15) is 8.42 Å². The first kappa shape index (κ1) is 15.9. The zero-order chi connectivity index (χ0) is 14.0. The van der Waals surface area contributed by atoms with Gasteiger partial charge in [0, 0.05) is 26.2 Å². The van der Waals surface area contributed by atoms with Gasteiger partial charge in [0.15, 0.2) is 9.84 Å². The molecule has 6 heteroatoms. The number of ether oxygens (including phenoxy) is 1. The molecule has 0 aromatic heterocycles. The lowest BCUT2D eigenvalue weighted by molar-refractivity contribution is -0.130. The third-order valence-corrected chi connectivity index (χ3v) is 5.41. The normalized spacial score (nSPS) is 25.6. The Labute approximate surface area is 111 Å². The molecule has 0 aliphatic carbocycles. The van der Waals surface area contributed by atoms with Gasteiger partial charge in [0.2, 0.25) is 0 Å². The van der Waals surface area contributed by atoms with Crippen LogP contribution in [0.2, 0.25) is 0 Å². The Kier molecular flexibility index (Phi) is 5.17. The van der Waals surface area contributed by atoms with Crippen LogP contribution in [0.25, 0.3) is 0 Å². The summed E-state index contributed by atoms with van der Waals surface area (Å²) in [5.41, 5.74) is 5.39. The molecule has 108 valence electrons. The van der Waals surface area contributed by atoms with Crippen molar-refractivity contribution in [2.24, 2.45) is 5.73 Å². The number of rotatable bonds is 5. The van der Waals surface area contributed by atoms with Crippen LogP contribution in [-0.2, 0) is 14.6 Å². The van der Waals surface area contributed by atoms with Crippen molar-refractivity contribution in [3.63, 3.8) is 0 Å². The minimum atomic E-state index is -2.97. The molecule has 1 fully saturated rings. The van der Waals surface area contributed by atoms with Crippen molar-refractivity contribution in [2.45, 2.75) is 44.6 Å². The number of nitrogens with two attached hydrogens (primary N) is 1. The van der Waals surface area contributed by atoms with Gasteiger partial charge in [-0.25, -0.2) is 8.42 Å². The van der Waals surface area contributed by atoms with Crippen LogP contribution in [0.15, 0.2) is 0 Å². The lowest BCUT2D eigenvalue weighted by atomic mass is 10.1. The predicted molar refractivity (Wildman–Crippen MR) is 73.4 cm³/mol. The van der Waals surface area contributed by atoms with Crippen LogP contribution in [0.4, 0.5) is 0 Å². The van der Waals surface area contributed by atoms with Crippen molar-refractivity contribution in [3.8, 4) is 0 Å². The zero-order valence-corrected chi connectivity index (χ0v) is 12.7. The fourth-order valence-electron chi connectivity index (χ4n) is 2.20. The van der Waals surface area contributed by atoms with Crippen molar-refractivity contribution in [2.75, 3.05) is 31.9 Å². The first-order chi connectivity index (χ1) is 8.16. The second-order valence-corrected chi connectivity index (χ2v) is 8.56. The van der Waals surface area contributed by atoms with Crippen LogP contribution < -0.4 is 5.73 Å². The van der Waals surface area contributed by atoms with Crippen LogP contribution in [0, 0.1) is 0 Å². The maximum absolute atomic E-state index is 11.8. The summed E-state index contributed by atoms with van der Waals surface area (Å²) in [6, 6.07) is 0. The first-order valence-electron chi connectivity index (χ1n) is 6.48. The van der Waals surface area contributed by atoms with E-state index in [4.69, 9.17) is 10.5 Å². The van der Waals surface area contributed by atoms with Crippen LogP contribution in [0.5, 0.6) is 0 Å². The van der Waals surface area contributed by atoms with Gasteiger partial charge in [0.25, 0.3) is 0 Å². The van der Waals surface area contributed by atoms with E-state index in [-0.39, 0.29) is 22.7 Å². The van der Waals surface area contributed by atoms with E-state index in [0.29, 0.717) is 19.6 Å². The summed E-state index contributed by atoms with van der Waals surface area (Å²) in [5.74, 6) is 0.206. The second-order valence-electron chi connectivity index (χ2n) is 5.89. The Morgan fingerprint density at radius 2 is 2.06 bits per heavy atom. The molecule has 18 heavy (non-hydrogen) atoms. The standard InChI is InChI=1S/C12H26N2O3S/c1-10(2)18(15,16)6-5-14-8-11(7-13)17-12(3,4)9-14/h10-11H,5-9,13H2,1-4H3. The van der Waals surface area contributed by atoms with E-state index >= 15 is 0 Å². The van der Waals surface area contributed by atoms with Gasteiger partial charge >= 0.3 is 0 Å². The summed E-state index contributed by atoms with van der Waals surface area (Å²) in [6.07, 6.45) is -0.00416. The van der Waals surface area contributed by atoms with Crippen LogP contribution >= 0.6 is 0 Å². The fourth-order valence-corrected chi connectivity index (χ4v) is 3.19. The topological polar surface area (TPSA) is 72.6 Å². The molecule has 1 aliphatic rings. The van der Waals surface area contributed by atoms with Gasteiger partial charge in [-0.3, -0.25) is 4.90 Å². The lowest BCUT2D eigenvalue weighted by Gasteiger charge is -2.42. The van der Waals surface area contributed by atoms with Crippen LogP contribution in [0.3, 0.4) is 0 Å². The highest BCUT2D eigenvalue weighted by Gasteiger charge is 2.33. The summed E-state index contributed by atoms with van der Waals surface area (Å²) >= 11 is 0. The maximum atomic E-state index is 11.8. The number of hydrogen-bond acceptors (Lipinski definition) is 5. The number of hydrogen-bond donors (Lipinski definition) is 1. The molecule has 1 rings (SSSR count). The molecule has 1 unspecified atom stereocenters. The SMILES string of the molecule is CC(C)S(=O)(=O)CCN1CC(CN)OC(C)(C)C1. The summed E-state index contributed by atoms with van der Waals surface area (Å²) in [6.45, 7) is 9.96. The molecule has 1 heterocycles. The van der Waals surface area contributed by atoms with E-state index < -0.39 is 9.84 Å². The molecule has 0 bridgehead atoms. The number of nitrogens with zero attached hydrogens (tertiary/aromatic N) is 1.